The summed E-state index contributed by atoms with van der Waals surface area (Å²) in [5.74, 6) is -0.0249. The van der Waals surface area contributed by atoms with E-state index >= 15 is 0 Å². The Morgan fingerprint density at radius 1 is 1.33 bits per heavy atom. The fraction of sp³-hybridized carbons (Fsp3) is 0.533. The number of hydrogen-bond acceptors (Lipinski definition) is 2. The van der Waals surface area contributed by atoms with Gasteiger partial charge in [0.25, 0.3) is 0 Å². The van der Waals surface area contributed by atoms with E-state index in [1.165, 1.54) is 16.9 Å². The smallest absolute Gasteiger partial charge is 0.364 e. The van der Waals surface area contributed by atoms with Crippen molar-refractivity contribution in [1.82, 2.24) is 0 Å². The molecular formula is C15H22NO2+. The van der Waals surface area contributed by atoms with Crippen LogP contribution in [0.25, 0.3) is 0 Å². The summed E-state index contributed by atoms with van der Waals surface area (Å²) in [5.41, 5.74) is 1.30. The van der Waals surface area contributed by atoms with Gasteiger partial charge in [0.05, 0.1) is 13.2 Å². The SMILES string of the molecule is CCOC(=O)[C@H]1CCCC[NH+]1Cc1ccccc1. The van der Waals surface area contributed by atoms with E-state index in [1.807, 2.05) is 13.0 Å². The molecule has 2 rings (SSSR count). The van der Waals surface area contributed by atoms with E-state index < -0.39 is 0 Å². The highest BCUT2D eigenvalue weighted by Gasteiger charge is 2.33. The van der Waals surface area contributed by atoms with Gasteiger partial charge in [-0.1, -0.05) is 30.3 Å². The standard InChI is InChI=1S/C15H21NO2/c1-2-18-15(17)14-10-6-7-11-16(14)12-13-8-4-3-5-9-13/h3-5,8-9,14H,2,6-7,10-12H2,1H3/p+1/t14-/m1/s1. The van der Waals surface area contributed by atoms with Crippen molar-refractivity contribution in [3.63, 3.8) is 0 Å². The third-order valence-electron chi connectivity index (χ3n) is 3.58. The van der Waals surface area contributed by atoms with Gasteiger partial charge in [0.1, 0.15) is 6.54 Å². The number of rotatable bonds is 4. The number of ether oxygens (including phenoxy) is 1. The van der Waals surface area contributed by atoms with Crippen LogP contribution in [0.3, 0.4) is 0 Å². The Morgan fingerprint density at radius 3 is 2.83 bits per heavy atom. The monoisotopic (exact) mass is 248 g/mol. The van der Waals surface area contributed by atoms with Crippen molar-refractivity contribution in [2.24, 2.45) is 0 Å². The van der Waals surface area contributed by atoms with Crippen LogP contribution < -0.4 is 4.90 Å². The molecule has 1 unspecified atom stereocenters. The summed E-state index contributed by atoms with van der Waals surface area (Å²) < 4.78 is 5.19. The lowest BCUT2D eigenvalue weighted by molar-refractivity contribution is -0.935. The summed E-state index contributed by atoms with van der Waals surface area (Å²) in [6.45, 7) is 4.34. The van der Waals surface area contributed by atoms with E-state index in [0.29, 0.717) is 6.61 Å². The molecule has 1 aromatic carbocycles. The summed E-state index contributed by atoms with van der Waals surface area (Å²) in [6.07, 6.45) is 3.31. The second-order valence-corrected chi connectivity index (χ2v) is 4.87. The maximum absolute atomic E-state index is 12.0. The van der Waals surface area contributed by atoms with Gasteiger partial charge in [-0.15, -0.1) is 0 Å². The average molecular weight is 248 g/mol. The minimum Gasteiger partial charge on any atom is -0.462 e. The van der Waals surface area contributed by atoms with Crippen LogP contribution in [0, 0.1) is 0 Å². The summed E-state index contributed by atoms with van der Waals surface area (Å²) in [6, 6.07) is 10.4. The molecule has 0 radical (unpaired) electrons. The third-order valence-corrected chi connectivity index (χ3v) is 3.58. The maximum atomic E-state index is 12.0. The van der Waals surface area contributed by atoms with Gasteiger partial charge in [-0.25, -0.2) is 4.79 Å². The molecule has 0 amide bonds. The number of hydrogen-bond donors (Lipinski definition) is 1. The Labute approximate surface area is 109 Å². The van der Waals surface area contributed by atoms with Gasteiger partial charge < -0.3 is 9.64 Å². The van der Waals surface area contributed by atoms with Crippen molar-refractivity contribution in [1.29, 1.82) is 0 Å². The van der Waals surface area contributed by atoms with Crippen molar-refractivity contribution in [3.8, 4) is 0 Å². The first-order valence-electron chi connectivity index (χ1n) is 6.86. The molecule has 0 aliphatic carbocycles. The van der Waals surface area contributed by atoms with Gasteiger partial charge in [-0.3, -0.25) is 0 Å². The number of piperidine rings is 1. The number of esters is 1. The second kappa shape index (κ2) is 6.55. The molecule has 0 saturated carbocycles. The third kappa shape index (κ3) is 3.33. The molecule has 3 nitrogen and oxygen atoms in total. The molecule has 1 heterocycles. The molecule has 98 valence electrons. The van der Waals surface area contributed by atoms with Gasteiger partial charge in [0.2, 0.25) is 0 Å². The van der Waals surface area contributed by atoms with Crippen molar-refractivity contribution < 1.29 is 14.4 Å². The lowest BCUT2D eigenvalue weighted by atomic mass is 10.0. The number of quaternary nitrogens is 1. The van der Waals surface area contributed by atoms with Crippen LogP contribution in [0.4, 0.5) is 0 Å². The lowest BCUT2D eigenvalue weighted by Crippen LogP contribution is -3.16. The topological polar surface area (TPSA) is 30.7 Å². The van der Waals surface area contributed by atoms with Gasteiger partial charge in [-0.2, -0.15) is 0 Å². The number of benzene rings is 1. The van der Waals surface area contributed by atoms with Gasteiger partial charge >= 0.3 is 5.97 Å². The van der Waals surface area contributed by atoms with Crippen LogP contribution >= 0.6 is 0 Å². The van der Waals surface area contributed by atoms with E-state index in [9.17, 15) is 4.79 Å². The molecule has 2 atom stereocenters. The number of carbonyl (C=O) groups excluding carboxylic acids is 1. The first kappa shape index (κ1) is 13.1. The molecule has 0 spiro atoms. The molecule has 18 heavy (non-hydrogen) atoms. The van der Waals surface area contributed by atoms with Crippen molar-refractivity contribution in [2.75, 3.05) is 13.2 Å². The maximum Gasteiger partial charge on any atom is 0.364 e. The van der Waals surface area contributed by atoms with Crippen LogP contribution in [0.2, 0.25) is 0 Å². The van der Waals surface area contributed by atoms with Crippen LogP contribution in [0.1, 0.15) is 31.7 Å². The highest BCUT2D eigenvalue weighted by Crippen LogP contribution is 2.06. The quantitative estimate of drug-likeness (QED) is 0.811. The van der Waals surface area contributed by atoms with E-state index in [1.54, 1.807) is 0 Å². The number of likely N-dealkylation sites (tertiary alicyclic amines) is 1. The lowest BCUT2D eigenvalue weighted by Gasteiger charge is -2.30. The van der Waals surface area contributed by atoms with E-state index in [0.717, 1.165) is 25.9 Å². The molecule has 3 heteroatoms. The zero-order valence-corrected chi connectivity index (χ0v) is 11.0. The van der Waals surface area contributed by atoms with E-state index in [4.69, 9.17) is 4.74 Å². The van der Waals surface area contributed by atoms with E-state index in [2.05, 4.69) is 24.3 Å². The summed E-state index contributed by atoms with van der Waals surface area (Å²) in [7, 11) is 0. The largest absolute Gasteiger partial charge is 0.462 e. The molecule has 1 aliphatic rings. The Bertz CT molecular complexity index is 377. The first-order valence-corrected chi connectivity index (χ1v) is 6.86. The number of carbonyl (C=O) groups is 1. The molecule has 1 fully saturated rings. The van der Waals surface area contributed by atoms with Crippen molar-refractivity contribution in [2.45, 2.75) is 38.8 Å². The molecule has 1 aliphatic heterocycles. The second-order valence-electron chi connectivity index (χ2n) is 4.87. The minimum atomic E-state index is -0.0249. The number of nitrogens with one attached hydrogen (secondary N) is 1. The molecule has 1 N–H and O–H groups in total. The zero-order valence-electron chi connectivity index (χ0n) is 11.0. The fourth-order valence-electron chi connectivity index (χ4n) is 2.68. The van der Waals surface area contributed by atoms with Crippen LogP contribution in [-0.2, 0) is 16.1 Å². The van der Waals surface area contributed by atoms with E-state index in [-0.39, 0.29) is 12.0 Å². The predicted molar refractivity (Wildman–Crippen MR) is 70.2 cm³/mol. The molecular weight excluding hydrogens is 226 g/mol. The van der Waals surface area contributed by atoms with Crippen molar-refractivity contribution >= 4 is 5.97 Å². The van der Waals surface area contributed by atoms with Gasteiger partial charge in [0, 0.05) is 12.0 Å². The van der Waals surface area contributed by atoms with Gasteiger partial charge in [0.15, 0.2) is 6.04 Å². The summed E-state index contributed by atoms with van der Waals surface area (Å²) >= 11 is 0. The molecule has 0 aromatic heterocycles. The van der Waals surface area contributed by atoms with Crippen LogP contribution in [0.15, 0.2) is 30.3 Å². The minimum absolute atomic E-state index is 0.0249. The Morgan fingerprint density at radius 2 is 2.11 bits per heavy atom. The summed E-state index contributed by atoms with van der Waals surface area (Å²) in [4.78, 5) is 13.3. The predicted octanol–water partition coefficient (Wildman–Crippen LogP) is 1.19. The highest BCUT2D eigenvalue weighted by molar-refractivity contribution is 5.74. The van der Waals surface area contributed by atoms with Crippen molar-refractivity contribution in [3.05, 3.63) is 35.9 Å². The highest BCUT2D eigenvalue weighted by atomic mass is 16.5. The van der Waals surface area contributed by atoms with Crippen LogP contribution in [-0.4, -0.2) is 25.2 Å². The van der Waals surface area contributed by atoms with Crippen LogP contribution in [0.5, 0.6) is 0 Å². The Balaban J connectivity index is 2.01. The molecule has 1 saturated heterocycles. The molecule has 0 bridgehead atoms. The Hall–Kier alpha value is -1.35. The summed E-state index contributed by atoms with van der Waals surface area (Å²) in [5, 5.41) is 0. The van der Waals surface area contributed by atoms with Gasteiger partial charge in [-0.05, 0) is 19.8 Å². The first-order chi connectivity index (χ1) is 8.81. The fourth-order valence-corrected chi connectivity index (χ4v) is 2.68. The Kier molecular flexibility index (Phi) is 4.76. The molecule has 1 aromatic rings. The normalized spacial score (nSPS) is 23.6. The zero-order chi connectivity index (χ0) is 12.8. The average Bonchev–Trinajstić information content (AvgIpc) is 2.41.